The molecule has 1 N–H and O–H groups in total. The van der Waals surface area contributed by atoms with Crippen LogP contribution in [0.1, 0.15) is 10.4 Å². The molecule has 0 radical (unpaired) electrons. The second-order valence-electron chi connectivity index (χ2n) is 6.33. The average Bonchev–Trinajstić information content (AvgIpc) is 2.71. The van der Waals surface area contributed by atoms with Crippen molar-refractivity contribution in [1.82, 2.24) is 0 Å². The van der Waals surface area contributed by atoms with E-state index in [-0.39, 0.29) is 5.69 Å². The maximum Gasteiger partial charge on any atom is 0.340 e. The molecular formula is C19H14F9NO3. The summed E-state index contributed by atoms with van der Waals surface area (Å²) in [5.74, 6) is -12.4. The number of hydrogen-bond donors (Lipinski definition) is 1. The lowest BCUT2D eigenvalue weighted by atomic mass is 10.2. The minimum Gasteiger partial charge on any atom is -0.487 e. The van der Waals surface area contributed by atoms with Gasteiger partial charge in [0.25, 0.3) is 5.91 Å². The Morgan fingerprint density at radius 1 is 0.844 bits per heavy atom. The lowest BCUT2D eigenvalue weighted by Crippen LogP contribution is -2.34. The highest BCUT2D eigenvalue weighted by molar-refractivity contribution is 6.04. The first kappa shape index (κ1) is 25.1. The number of carbonyl (C=O) groups is 1. The van der Waals surface area contributed by atoms with E-state index in [2.05, 4.69) is 14.8 Å². The molecule has 2 rings (SSSR count). The first-order valence-electron chi connectivity index (χ1n) is 8.60. The second-order valence-corrected chi connectivity index (χ2v) is 6.33. The molecule has 32 heavy (non-hydrogen) atoms. The Labute approximate surface area is 174 Å². The van der Waals surface area contributed by atoms with Crippen molar-refractivity contribution >= 4 is 11.6 Å². The van der Waals surface area contributed by atoms with Gasteiger partial charge >= 0.3 is 24.7 Å². The Morgan fingerprint density at radius 3 is 1.75 bits per heavy atom. The number of hydrogen-bond acceptors (Lipinski definition) is 3. The molecule has 0 heterocycles. The van der Waals surface area contributed by atoms with E-state index in [1.54, 1.807) is 0 Å². The second kappa shape index (κ2) is 10.0. The smallest absolute Gasteiger partial charge is 0.340 e. The lowest BCUT2D eigenvalue weighted by molar-refractivity contribution is -0.149. The summed E-state index contributed by atoms with van der Waals surface area (Å²) in [5.41, 5.74) is -0.818. The highest BCUT2D eigenvalue weighted by atomic mass is 19.3. The summed E-state index contributed by atoms with van der Waals surface area (Å²) in [6, 6.07) is 7.01. The van der Waals surface area contributed by atoms with Crippen molar-refractivity contribution < 1.29 is 53.8 Å². The molecule has 0 bridgehead atoms. The van der Waals surface area contributed by atoms with Gasteiger partial charge in [0.2, 0.25) is 0 Å². The van der Waals surface area contributed by atoms with Crippen LogP contribution in [0.2, 0.25) is 0 Å². The Balaban J connectivity index is 2.28. The summed E-state index contributed by atoms with van der Waals surface area (Å²) >= 11 is 0. The van der Waals surface area contributed by atoms with Gasteiger partial charge < -0.3 is 14.8 Å². The van der Waals surface area contributed by atoms with Crippen molar-refractivity contribution in [2.75, 3.05) is 18.5 Å². The lowest BCUT2D eigenvalue weighted by Gasteiger charge is -2.19. The van der Waals surface area contributed by atoms with Gasteiger partial charge in [0.15, 0.2) is 13.2 Å². The summed E-state index contributed by atoms with van der Waals surface area (Å²) in [6.07, 6.45) is -8.15. The largest absolute Gasteiger partial charge is 0.487 e. The predicted octanol–water partition coefficient (Wildman–Crippen LogP) is 5.64. The summed E-state index contributed by atoms with van der Waals surface area (Å²) < 4.78 is 124. The average molecular weight is 475 g/mol. The van der Waals surface area contributed by atoms with Crippen LogP contribution in [-0.2, 0) is 0 Å². The number of alkyl halides is 8. The molecule has 2 aromatic carbocycles. The first-order valence-corrected chi connectivity index (χ1v) is 8.60. The third-order valence-corrected chi connectivity index (χ3v) is 3.76. The topological polar surface area (TPSA) is 47.6 Å². The number of nitrogens with one attached hydrogen (secondary N) is 1. The summed E-state index contributed by atoms with van der Waals surface area (Å²) in [6.45, 7) is -3.66. The van der Waals surface area contributed by atoms with E-state index in [1.165, 1.54) is 12.1 Å². The Bertz CT molecular complexity index is 896. The third-order valence-electron chi connectivity index (χ3n) is 3.76. The van der Waals surface area contributed by atoms with Crippen LogP contribution in [0.15, 0.2) is 42.5 Å². The number of anilines is 1. The monoisotopic (exact) mass is 475 g/mol. The number of ether oxygens (including phenoxy) is 2. The van der Waals surface area contributed by atoms with Crippen molar-refractivity contribution in [2.45, 2.75) is 24.7 Å². The van der Waals surface area contributed by atoms with Gasteiger partial charge in [-0.2, -0.15) is 17.6 Å². The fraction of sp³-hybridized carbons (Fsp3) is 0.316. The Kier molecular flexibility index (Phi) is 7.86. The molecule has 0 aliphatic heterocycles. The molecule has 0 fully saturated rings. The van der Waals surface area contributed by atoms with Gasteiger partial charge in [-0.25, -0.2) is 22.0 Å². The molecule has 176 valence electrons. The van der Waals surface area contributed by atoms with Gasteiger partial charge in [-0.15, -0.1) is 0 Å². The maximum absolute atomic E-state index is 13.7. The van der Waals surface area contributed by atoms with Crippen molar-refractivity contribution in [1.29, 1.82) is 0 Å². The number of carbonyl (C=O) groups excluding carboxylic acids is 1. The van der Waals surface area contributed by atoms with Crippen molar-refractivity contribution in [3.63, 3.8) is 0 Å². The molecule has 0 saturated carbocycles. The highest BCUT2D eigenvalue weighted by Gasteiger charge is 2.42. The van der Waals surface area contributed by atoms with E-state index in [0.29, 0.717) is 6.07 Å². The van der Waals surface area contributed by atoms with Gasteiger partial charge in [-0.3, -0.25) is 4.79 Å². The fourth-order valence-corrected chi connectivity index (χ4v) is 2.14. The summed E-state index contributed by atoms with van der Waals surface area (Å²) in [4.78, 5) is 12.2. The zero-order valence-corrected chi connectivity index (χ0v) is 15.7. The maximum atomic E-state index is 13.7. The molecule has 0 aliphatic rings. The van der Waals surface area contributed by atoms with Gasteiger partial charge in [-0.1, -0.05) is 12.1 Å². The minimum absolute atomic E-state index is 0.369. The number of halogens is 9. The van der Waals surface area contributed by atoms with E-state index in [1.807, 2.05) is 0 Å². The standard InChI is InChI=1S/C19H14F9NO3/c20-14-4-2-1-3-13(14)15(30)29-10-5-11(31-8-18(25,26)16(21)22)7-12(6-10)32-9-19(27,28)17(23)24/h1-7,16-17H,8-9H2,(H,29,30). The van der Waals surface area contributed by atoms with E-state index >= 15 is 0 Å². The highest BCUT2D eigenvalue weighted by Crippen LogP contribution is 2.31. The van der Waals surface area contributed by atoms with Gasteiger partial charge in [0.05, 0.1) is 5.56 Å². The molecule has 0 unspecified atom stereocenters. The summed E-state index contributed by atoms with van der Waals surface area (Å²) in [7, 11) is 0. The van der Waals surface area contributed by atoms with Crippen LogP contribution in [-0.4, -0.2) is 43.8 Å². The van der Waals surface area contributed by atoms with Crippen LogP contribution in [0.4, 0.5) is 45.2 Å². The predicted molar refractivity (Wildman–Crippen MR) is 93.7 cm³/mol. The third kappa shape index (κ3) is 6.69. The molecule has 0 spiro atoms. The molecule has 0 atom stereocenters. The Morgan fingerprint density at radius 2 is 1.31 bits per heavy atom. The SMILES string of the molecule is O=C(Nc1cc(OCC(F)(F)C(F)F)cc(OCC(F)(F)C(F)F)c1)c1ccccc1F. The van der Waals surface area contributed by atoms with Crippen LogP contribution >= 0.6 is 0 Å². The minimum atomic E-state index is -4.57. The molecular weight excluding hydrogens is 461 g/mol. The molecule has 0 aliphatic carbocycles. The van der Waals surface area contributed by atoms with Gasteiger partial charge in [-0.05, 0) is 12.1 Å². The van der Waals surface area contributed by atoms with E-state index in [4.69, 9.17) is 0 Å². The van der Waals surface area contributed by atoms with Crippen LogP contribution in [0, 0.1) is 5.82 Å². The van der Waals surface area contributed by atoms with Crippen molar-refractivity contribution in [3.05, 3.63) is 53.8 Å². The zero-order chi connectivity index (χ0) is 24.1. The van der Waals surface area contributed by atoms with Crippen molar-refractivity contribution in [3.8, 4) is 11.5 Å². The van der Waals surface area contributed by atoms with E-state index < -0.39 is 66.7 Å². The number of amides is 1. The molecule has 1 amide bonds. The van der Waals surface area contributed by atoms with Crippen molar-refractivity contribution in [2.24, 2.45) is 0 Å². The van der Waals surface area contributed by atoms with Gasteiger partial charge in [0.1, 0.15) is 17.3 Å². The quantitative estimate of drug-likeness (QED) is 0.453. The Hall–Kier alpha value is -3.12. The number of benzene rings is 2. The fourth-order valence-electron chi connectivity index (χ4n) is 2.14. The number of rotatable bonds is 10. The van der Waals surface area contributed by atoms with E-state index in [0.717, 1.165) is 24.3 Å². The van der Waals surface area contributed by atoms with Crippen LogP contribution in [0.25, 0.3) is 0 Å². The molecule has 0 aromatic heterocycles. The zero-order valence-electron chi connectivity index (χ0n) is 15.7. The van der Waals surface area contributed by atoms with Crippen LogP contribution in [0.3, 0.4) is 0 Å². The molecule has 0 saturated heterocycles. The normalized spacial score (nSPS) is 12.2. The summed E-state index contributed by atoms with van der Waals surface area (Å²) in [5, 5.41) is 2.11. The van der Waals surface area contributed by atoms with Crippen LogP contribution < -0.4 is 14.8 Å². The van der Waals surface area contributed by atoms with Gasteiger partial charge in [0, 0.05) is 23.9 Å². The molecule has 4 nitrogen and oxygen atoms in total. The first-order chi connectivity index (χ1) is 14.8. The van der Waals surface area contributed by atoms with E-state index in [9.17, 15) is 44.3 Å². The molecule has 2 aromatic rings. The molecule has 13 heteroatoms. The van der Waals surface area contributed by atoms with Crippen LogP contribution in [0.5, 0.6) is 11.5 Å².